The van der Waals surface area contributed by atoms with Gasteiger partial charge in [-0.05, 0) is 50.2 Å². The molecule has 3 rings (SSSR count). The maximum absolute atomic E-state index is 12.3. The van der Waals surface area contributed by atoms with Gasteiger partial charge in [0.15, 0.2) is 0 Å². The van der Waals surface area contributed by atoms with Gasteiger partial charge in [0.05, 0.1) is 12.6 Å². The number of carbonyl (C=O) groups excluding carboxylic acids is 2. The fourth-order valence-corrected chi connectivity index (χ4v) is 4.69. The van der Waals surface area contributed by atoms with Gasteiger partial charge in [-0.15, -0.1) is 11.3 Å². The number of primary amides is 1. The van der Waals surface area contributed by atoms with Crippen molar-refractivity contribution in [1.82, 2.24) is 20.4 Å². The quantitative estimate of drug-likeness (QED) is 0.662. The first-order valence-electron chi connectivity index (χ1n) is 9.44. The minimum Gasteiger partial charge on any atom is -0.369 e. The summed E-state index contributed by atoms with van der Waals surface area (Å²) in [5.74, 6) is -0.296. The van der Waals surface area contributed by atoms with E-state index in [1.165, 1.54) is 17.7 Å². The average Bonchev–Trinajstić information content (AvgIpc) is 3.30. The second-order valence-electron chi connectivity index (χ2n) is 7.15. The molecular weight excluding hydrogens is 350 g/mol. The Bertz CT molecular complexity index is 580. The van der Waals surface area contributed by atoms with Gasteiger partial charge in [0.1, 0.15) is 0 Å². The van der Waals surface area contributed by atoms with Gasteiger partial charge in [0.25, 0.3) is 0 Å². The van der Waals surface area contributed by atoms with Gasteiger partial charge in [-0.25, -0.2) is 4.79 Å². The Labute approximate surface area is 158 Å². The number of carbonyl (C=O) groups is 2. The van der Waals surface area contributed by atoms with Crippen molar-refractivity contribution in [2.24, 2.45) is 5.73 Å². The van der Waals surface area contributed by atoms with Gasteiger partial charge in [-0.1, -0.05) is 6.07 Å². The molecule has 0 spiro atoms. The van der Waals surface area contributed by atoms with Crippen molar-refractivity contribution in [1.29, 1.82) is 0 Å². The van der Waals surface area contributed by atoms with Crippen molar-refractivity contribution < 1.29 is 9.59 Å². The molecule has 3 amide bonds. The molecule has 0 saturated carbocycles. The lowest BCUT2D eigenvalue weighted by molar-refractivity contribution is -0.119. The SMILES string of the molecule is NC(=O)CN1CCC(NC(=O)NCC(c2cccs2)N2CCCC2)CC1. The van der Waals surface area contributed by atoms with Crippen molar-refractivity contribution in [2.45, 2.75) is 37.8 Å². The molecule has 1 unspecified atom stereocenters. The van der Waals surface area contributed by atoms with Gasteiger partial charge in [-0.2, -0.15) is 0 Å². The molecule has 2 aliphatic rings. The predicted molar refractivity (Wildman–Crippen MR) is 103 cm³/mol. The van der Waals surface area contributed by atoms with Crippen LogP contribution >= 0.6 is 11.3 Å². The lowest BCUT2D eigenvalue weighted by atomic mass is 10.1. The van der Waals surface area contributed by atoms with Crippen LogP contribution < -0.4 is 16.4 Å². The molecule has 26 heavy (non-hydrogen) atoms. The van der Waals surface area contributed by atoms with E-state index in [2.05, 4.69) is 33.0 Å². The molecule has 0 aliphatic carbocycles. The third-order valence-electron chi connectivity index (χ3n) is 5.21. The lowest BCUT2D eigenvalue weighted by Crippen LogP contribution is -2.50. The molecule has 0 aromatic carbocycles. The number of nitrogens with two attached hydrogens (primary N) is 1. The third-order valence-corrected chi connectivity index (χ3v) is 6.18. The van der Waals surface area contributed by atoms with E-state index in [1.54, 1.807) is 11.3 Å². The van der Waals surface area contributed by atoms with Crippen LogP contribution in [0.15, 0.2) is 17.5 Å². The third kappa shape index (κ3) is 5.43. The molecule has 1 aromatic heterocycles. The normalized spacial score (nSPS) is 20.8. The Kier molecular flexibility index (Phi) is 6.87. The standard InChI is InChI=1S/C18H29N5O2S/c19-17(24)13-22-9-5-14(6-10-22)21-18(25)20-12-15(16-4-3-11-26-16)23-7-1-2-8-23/h3-4,11,14-15H,1-2,5-10,12-13H2,(H2,19,24)(H2,20,21,25). The van der Waals surface area contributed by atoms with Crippen LogP contribution in [-0.4, -0.2) is 67.0 Å². The van der Waals surface area contributed by atoms with E-state index in [-0.39, 0.29) is 24.0 Å². The Hall–Kier alpha value is -1.64. The Balaban J connectivity index is 1.43. The molecule has 4 N–H and O–H groups in total. The van der Waals surface area contributed by atoms with E-state index in [9.17, 15) is 9.59 Å². The molecular formula is C18H29N5O2S. The highest BCUT2D eigenvalue weighted by atomic mass is 32.1. The highest BCUT2D eigenvalue weighted by Gasteiger charge is 2.26. The van der Waals surface area contributed by atoms with E-state index in [1.807, 2.05) is 4.90 Å². The molecule has 3 heterocycles. The average molecular weight is 380 g/mol. The Morgan fingerprint density at radius 2 is 1.96 bits per heavy atom. The number of likely N-dealkylation sites (tertiary alicyclic amines) is 2. The van der Waals surface area contributed by atoms with Crippen LogP contribution in [0.25, 0.3) is 0 Å². The first kappa shape index (κ1) is 19.1. The Morgan fingerprint density at radius 1 is 1.23 bits per heavy atom. The van der Waals surface area contributed by atoms with E-state index >= 15 is 0 Å². The van der Waals surface area contributed by atoms with Crippen LogP contribution in [-0.2, 0) is 4.79 Å². The zero-order valence-electron chi connectivity index (χ0n) is 15.2. The maximum Gasteiger partial charge on any atom is 0.315 e. The van der Waals surface area contributed by atoms with Crippen molar-refractivity contribution in [3.63, 3.8) is 0 Å². The number of piperidine rings is 1. The summed E-state index contributed by atoms with van der Waals surface area (Å²) in [7, 11) is 0. The molecule has 0 radical (unpaired) electrons. The van der Waals surface area contributed by atoms with Gasteiger partial charge in [0, 0.05) is 30.6 Å². The summed E-state index contributed by atoms with van der Waals surface area (Å²) in [6.45, 7) is 4.72. The minimum absolute atomic E-state index is 0.0981. The summed E-state index contributed by atoms with van der Waals surface area (Å²) in [4.78, 5) is 29.1. The molecule has 2 aliphatic heterocycles. The van der Waals surface area contributed by atoms with E-state index in [4.69, 9.17) is 5.73 Å². The fraction of sp³-hybridized carbons (Fsp3) is 0.667. The lowest BCUT2D eigenvalue weighted by Gasteiger charge is -2.32. The summed E-state index contributed by atoms with van der Waals surface area (Å²) in [6.07, 6.45) is 4.16. The summed E-state index contributed by atoms with van der Waals surface area (Å²) < 4.78 is 0. The van der Waals surface area contributed by atoms with Crippen LogP contribution in [0.3, 0.4) is 0 Å². The smallest absolute Gasteiger partial charge is 0.315 e. The van der Waals surface area contributed by atoms with E-state index in [0.29, 0.717) is 13.1 Å². The predicted octanol–water partition coefficient (Wildman–Crippen LogP) is 1.13. The van der Waals surface area contributed by atoms with Crippen LogP contribution in [0.4, 0.5) is 4.79 Å². The van der Waals surface area contributed by atoms with Crippen LogP contribution in [0.5, 0.6) is 0 Å². The summed E-state index contributed by atoms with van der Waals surface area (Å²) >= 11 is 1.75. The number of hydrogen-bond donors (Lipinski definition) is 3. The van der Waals surface area contributed by atoms with E-state index < -0.39 is 0 Å². The molecule has 8 heteroatoms. The molecule has 7 nitrogen and oxygen atoms in total. The van der Waals surface area contributed by atoms with E-state index in [0.717, 1.165) is 39.0 Å². The highest BCUT2D eigenvalue weighted by molar-refractivity contribution is 7.10. The molecule has 144 valence electrons. The monoisotopic (exact) mass is 379 g/mol. The zero-order chi connectivity index (χ0) is 18.4. The van der Waals surface area contributed by atoms with Crippen molar-refractivity contribution in [3.05, 3.63) is 22.4 Å². The topological polar surface area (TPSA) is 90.7 Å². The largest absolute Gasteiger partial charge is 0.369 e. The molecule has 1 atom stereocenters. The molecule has 0 bridgehead atoms. The first-order chi connectivity index (χ1) is 12.6. The van der Waals surface area contributed by atoms with Crippen molar-refractivity contribution in [3.8, 4) is 0 Å². The number of nitrogens with zero attached hydrogens (tertiary/aromatic N) is 2. The summed E-state index contributed by atoms with van der Waals surface area (Å²) in [6, 6.07) is 4.55. The number of urea groups is 1. The van der Waals surface area contributed by atoms with Crippen LogP contribution in [0.2, 0.25) is 0 Å². The van der Waals surface area contributed by atoms with Crippen LogP contribution in [0, 0.1) is 0 Å². The number of rotatable bonds is 7. The van der Waals surface area contributed by atoms with Gasteiger partial charge in [0.2, 0.25) is 5.91 Å². The second kappa shape index (κ2) is 9.34. The highest BCUT2D eigenvalue weighted by Crippen LogP contribution is 2.27. The number of hydrogen-bond acceptors (Lipinski definition) is 5. The molecule has 1 aromatic rings. The van der Waals surface area contributed by atoms with Crippen molar-refractivity contribution >= 4 is 23.3 Å². The van der Waals surface area contributed by atoms with Gasteiger partial charge < -0.3 is 16.4 Å². The number of thiophene rings is 1. The second-order valence-corrected chi connectivity index (χ2v) is 8.12. The molecule has 2 fully saturated rings. The Morgan fingerprint density at radius 3 is 2.58 bits per heavy atom. The zero-order valence-corrected chi connectivity index (χ0v) is 16.0. The first-order valence-corrected chi connectivity index (χ1v) is 10.3. The maximum atomic E-state index is 12.3. The summed E-state index contributed by atoms with van der Waals surface area (Å²) in [5, 5.41) is 8.24. The van der Waals surface area contributed by atoms with Crippen molar-refractivity contribution in [2.75, 3.05) is 39.3 Å². The van der Waals surface area contributed by atoms with Gasteiger partial charge >= 0.3 is 6.03 Å². The fourth-order valence-electron chi connectivity index (χ4n) is 3.83. The number of amides is 3. The number of nitrogens with one attached hydrogen (secondary N) is 2. The minimum atomic E-state index is -0.296. The molecule has 2 saturated heterocycles. The van der Waals surface area contributed by atoms with Crippen LogP contribution in [0.1, 0.15) is 36.6 Å². The summed E-state index contributed by atoms with van der Waals surface area (Å²) in [5.41, 5.74) is 5.23. The van der Waals surface area contributed by atoms with Gasteiger partial charge in [-0.3, -0.25) is 14.6 Å².